The van der Waals surface area contributed by atoms with Gasteiger partial charge in [-0.15, -0.1) is 0 Å². The van der Waals surface area contributed by atoms with Crippen LogP contribution < -0.4 is 10.6 Å². The zero-order valence-corrected chi connectivity index (χ0v) is 9.24. The van der Waals surface area contributed by atoms with Crippen LogP contribution in [0.15, 0.2) is 18.2 Å². The first kappa shape index (κ1) is 11.1. The monoisotopic (exact) mass is 222 g/mol. The van der Waals surface area contributed by atoms with Crippen LogP contribution in [0.5, 0.6) is 0 Å². The Morgan fingerprint density at radius 3 is 2.94 bits per heavy atom. The molecule has 0 aromatic heterocycles. The lowest BCUT2D eigenvalue weighted by molar-refractivity contribution is -0.120. The lowest BCUT2D eigenvalue weighted by Crippen LogP contribution is -2.48. The minimum Gasteiger partial charge on any atom is -0.320 e. The second-order valence-electron chi connectivity index (χ2n) is 4.17. The van der Waals surface area contributed by atoms with Crippen LogP contribution in [0.3, 0.4) is 0 Å². The van der Waals surface area contributed by atoms with Gasteiger partial charge in [0, 0.05) is 12.2 Å². The topological polar surface area (TPSA) is 46.3 Å². The molecule has 16 heavy (non-hydrogen) atoms. The second kappa shape index (κ2) is 4.22. The number of hydrogen-bond acceptors (Lipinski definition) is 2. The van der Waals surface area contributed by atoms with E-state index in [-0.39, 0.29) is 11.7 Å². The van der Waals surface area contributed by atoms with Crippen molar-refractivity contribution in [2.75, 3.05) is 11.4 Å². The molecule has 0 saturated carbocycles. The Hall–Kier alpha value is -1.42. The predicted molar refractivity (Wildman–Crippen MR) is 60.7 cm³/mol. The van der Waals surface area contributed by atoms with Crippen LogP contribution in [-0.4, -0.2) is 18.5 Å². The van der Waals surface area contributed by atoms with Crippen LogP contribution in [0, 0.1) is 12.7 Å². The third-order valence-corrected chi connectivity index (χ3v) is 2.93. The molecule has 4 heteroatoms. The maximum atomic E-state index is 13.1. The summed E-state index contributed by atoms with van der Waals surface area (Å²) in [5, 5.41) is 0. The van der Waals surface area contributed by atoms with Crippen LogP contribution >= 0.6 is 0 Å². The molecule has 1 saturated heterocycles. The SMILES string of the molecule is Cc1cc(N2CCCC(N)C2=O)ccc1F. The third kappa shape index (κ3) is 1.93. The van der Waals surface area contributed by atoms with E-state index in [2.05, 4.69) is 0 Å². The van der Waals surface area contributed by atoms with Crippen LogP contribution in [0.1, 0.15) is 18.4 Å². The number of piperidine rings is 1. The molecule has 0 radical (unpaired) electrons. The molecule has 1 amide bonds. The Labute approximate surface area is 94.0 Å². The van der Waals surface area contributed by atoms with Gasteiger partial charge in [0.15, 0.2) is 0 Å². The third-order valence-electron chi connectivity index (χ3n) is 2.93. The first-order valence-corrected chi connectivity index (χ1v) is 5.42. The Kier molecular flexibility index (Phi) is 2.92. The van der Waals surface area contributed by atoms with E-state index in [0.717, 1.165) is 18.5 Å². The first-order valence-electron chi connectivity index (χ1n) is 5.42. The molecule has 2 rings (SSSR count). The smallest absolute Gasteiger partial charge is 0.243 e. The molecular formula is C12H15FN2O. The number of amides is 1. The summed E-state index contributed by atoms with van der Waals surface area (Å²) in [4.78, 5) is 13.5. The Balaban J connectivity index is 2.29. The van der Waals surface area contributed by atoms with Crippen LogP contribution in [-0.2, 0) is 4.79 Å². The summed E-state index contributed by atoms with van der Waals surface area (Å²) in [6.45, 7) is 2.35. The molecule has 1 aromatic rings. The molecule has 1 aliphatic rings. The van der Waals surface area contributed by atoms with Crippen LogP contribution in [0.25, 0.3) is 0 Å². The lowest BCUT2D eigenvalue weighted by Gasteiger charge is -2.30. The fraction of sp³-hybridized carbons (Fsp3) is 0.417. The fourth-order valence-corrected chi connectivity index (χ4v) is 1.96. The quantitative estimate of drug-likeness (QED) is 0.784. The number of hydrogen-bond donors (Lipinski definition) is 1. The van der Waals surface area contributed by atoms with Crippen molar-refractivity contribution in [2.45, 2.75) is 25.8 Å². The average molecular weight is 222 g/mol. The fourth-order valence-electron chi connectivity index (χ4n) is 1.96. The van der Waals surface area contributed by atoms with Crippen molar-refractivity contribution in [3.05, 3.63) is 29.6 Å². The van der Waals surface area contributed by atoms with Crippen molar-refractivity contribution < 1.29 is 9.18 Å². The molecule has 3 nitrogen and oxygen atoms in total. The zero-order valence-electron chi connectivity index (χ0n) is 9.24. The maximum absolute atomic E-state index is 13.1. The normalized spacial score (nSPS) is 21.3. The van der Waals surface area contributed by atoms with Crippen molar-refractivity contribution in [1.29, 1.82) is 0 Å². The van der Waals surface area contributed by atoms with E-state index in [4.69, 9.17) is 5.73 Å². The molecule has 2 N–H and O–H groups in total. The molecule has 1 heterocycles. The molecule has 1 unspecified atom stereocenters. The highest BCUT2D eigenvalue weighted by Crippen LogP contribution is 2.22. The molecule has 1 aromatic carbocycles. The number of aryl methyl sites for hydroxylation is 1. The zero-order chi connectivity index (χ0) is 11.7. The van der Waals surface area contributed by atoms with Gasteiger partial charge in [0.05, 0.1) is 6.04 Å². The first-order chi connectivity index (χ1) is 7.59. The van der Waals surface area contributed by atoms with E-state index in [9.17, 15) is 9.18 Å². The lowest BCUT2D eigenvalue weighted by atomic mass is 10.0. The van der Waals surface area contributed by atoms with E-state index in [1.54, 1.807) is 24.0 Å². The largest absolute Gasteiger partial charge is 0.320 e. The summed E-state index contributed by atoms with van der Waals surface area (Å²) in [5.41, 5.74) is 6.99. The number of carbonyl (C=O) groups excluding carboxylic acids is 1. The number of rotatable bonds is 1. The minimum atomic E-state index is -0.417. The van der Waals surface area contributed by atoms with Crippen molar-refractivity contribution in [1.82, 2.24) is 0 Å². The standard InChI is InChI=1S/C12H15FN2O/c1-8-7-9(4-5-10(8)13)15-6-2-3-11(14)12(15)16/h4-5,7,11H,2-3,6,14H2,1H3. The van der Waals surface area contributed by atoms with E-state index in [1.165, 1.54) is 6.07 Å². The Bertz CT molecular complexity index is 419. The van der Waals surface area contributed by atoms with Crippen molar-refractivity contribution >= 4 is 11.6 Å². The number of nitrogens with zero attached hydrogens (tertiary/aromatic N) is 1. The number of halogens is 1. The van der Waals surface area contributed by atoms with Gasteiger partial charge in [0.2, 0.25) is 5.91 Å². The van der Waals surface area contributed by atoms with Crippen LogP contribution in [0.2, 0.25) is 0 Å². The van der Waals surface area contributed by atoms with Gasteiger partial charge >= 0.3 is 0 Å². The Morgan fingerprint density at radius 1 is 1.50 bits per heavy atom. The second-order valence-corrected chi connectivity index (χ2v) is 4.17. The number of nitrogens with two attached hydrogens (primary N) is 1. The predicted octanol–water partition coefficient (Wildman–Crippen LogP) is 1.59. The highest BCUT2D eigenvalue weighted by atomic mass is 19.1. The summed E-state index contributed by atoms with van der Waals surface area (Å²) in [6.07, 6.45) is 1.62. The van der Waals surface area contributed by atoms with Gasteiger partial charge in [-0.05, 0) is 43.5 Å². The number of anilines is 1. The van der Waals surface area contributed by atoms with Gasteiger partial charge in [-0.2, -0.15) is 0 Å². The summed E-state index contributed by atoms with van der Waals surface area (Å²) in [7, 11) is 0. The minimum absolute atomic E-state index is 0.0720. The van der Waals surface area contributed by atoms with Gasteiger partial charge in [-0.3, -0.25) is 4.79 Å². The molecule has 0 spiro atoms. The van der Waals surface area contributed by atoms with Crippen molar-refractivity contribution in [2.24, 2.45) is 5.73 Å². The van der Waals surface area contributed by atoms with Crippen molar-refractivity contribution in [3.63, 3.8) is 0 Å². The summed E-state index contributed by atoms with van der Waals surface area (Å²) in [6, 6.07) is 4.28. The number of carbonyl (C=O) groups is 1. The van der Waals surface area contributed by atoms with Gasteiger partial charge in [0.25, 0.3) is 0 Å². The van der Waals surface area contributed by atoms with Gasteiger partial charge < -0.3 is 10.6 Å². The van der Waals surface area contributed by atoms with E-state index >= 15 is 0 Å². The number of benzene rings is 1. The van der Waals surface area contributed by atoms with Gasteiger partial charge in [-0.25, -0.2) is 4.39 Å². The van der Waals surface area contributed by atoms with Gasteiger partial charge in [-0.1, -0.05) is 0 Å². The maximum Gasteiger partial charge on any atom is 0.243 e. The molecule has 1 atom stereocenters. The molecule has 0 bridgehead atoms. The average Bonchev–Trinajstić information content (AvgIpc) is 2.26. The van der Waals surface area contributed by atoms with E-state index < -0.39 is 6.04 Å². The summed E-state index contributed by atoms with van der Waals surface area (Å²) >= 11 is 0. The van der Waals surface area contributed by atoms with Gasteiger partial charge in [0.1, 0.15) is 5.82 Å². The molecule has 86 valence electrons. The molecule has 1 aliphatic heterocycles. The highest BCUT2D eigenvalue weighted by molar-refractivity contribution is 5.97. The summed E-state index contributed by atoms with van der Waals surface area (Å²) < 4.78 is 13.1. The molecule has 0 aliphatic carbocycles. The highest BCUT2D eigenvalue weighted by Gasteiger charge is 2.26. The van der Waals surface area contributed by atoms with E-state index in [1.807, 2.05) is 0 Å². The van der Waals surface area contributed by atoms with Crippen molar-refractivity contribution in [3.8, 4) is 0 Å². The summed E-state index contributed by atoms with van der Waals surface area (Å²) in [5.74, 6) is -0.324. The Morgan fingerprint density at radius 2 is 2.25 bits per heavy atom. The van der Waals surface area contributed by atoms with E-state index in [0.29, 0.717) is 12.1 Å². The molecular weight excluding hydrogens is 207 g/mol. The van der Waals surface area contributed by atoms with Crippen LogP contribution in [0.4, 0.5) is 10.1 Å². The molecule has 1 fully saturated rings.